The highest BCUT2D eigenvalue weighted by atomic mass is 16.1. The summed E-state index contributed by atoms with van der Waals surface area (Å²) in [5.41, 5.74) is 2.15. The van der Waals surface area contributed by atoms with Crippen molar-refractivity contribution in [2.24, 2.45) is 0 Å². The highest BCUT2D eigenvalue weighted by Gasteiger charge is 1.99. The third kappa shape index (κ3) is 1.66. The third-order valence-electron chi connectivity index (χ3n) is 1.81. The number of benzene rings is 1. The fourth-order valence-electron chi connectivity index (χ4n) is 1.16. The van der Waals surface area contributed by atoms with Gasteiger partial charge in [-0.05, 0) is 12.1 Å². The molecule has 0 amide bonds. The lowest BCUT2D eigenvalue weighted by Crippen LogP contribution is -1.86. The van der Waals surface area contributed by atoms with Crippen LogP contribution in [0.1, 0.15) is 10.4 Å². The van der Waals surface area contributed by atoms with Gasteiger partial charge in [0.1, 0.15) is 0 Å². The molecule has 3 heteroatoms. The number of rotatable bonds is 2. The first-order valence-electron chi connectivity index (χ1n) is 4.13. The number of hydrogen-bond donors (Lipinski definition) is 0. The first-order valence-corrected chi connectivity index (χ1v) is 4.13. The van der Waals surface area contributed by atoms with E-state index in [1.54, 1.807) is 30.7 Å². The molecule has 0 atom stereocenters. The van der Waals surface area contributed by atoms with Gasteiger partial charge < -0.3 is 0 Å². The van der Waals surface area contributed by atoms with Gasteiger partial charge in [-0.3, -0.25) is 14.8 Å². The summed E-state index contributed by atoms with van der Waals surface area (Å²) in [5, 5.41) is 0. The molecule has 3 nitrogen and oxygen atoms in total. The summed E-state index contributed by atoms with van der Waals surface area (Å²) in [6, 6.07) is 8.09. The van der Waals surface area contributed by atoms with Crippen molar-refractivity contribution in [3.05, 3.63) is 48.4 Å². The van der Waals surface area contributed by atoms with Crippen molar-refractivity contribution in [2.75, 3.05) is 0 Å². The van der Waals surface area contributed by atoms with E-state index in [4.69, 9.17) is 0 Å². The van der Waals surface area contributed by atoms with Gasteiger partial charge in [0, 0.05) is 23.5 Å². The minimum atomic E-state index is 0.521. The molecule has 0 bridgehead atoms. The van der Waals surface area contributed by atoms with Crippen molar-refractivity contribution in [2.45, 2.75) is 0 Å². The average molecular weight is 183 g/mol. The fraction of sp³-hybridized carbons (Fsp3) is 0. The molecule has 2 aromatic rings. The predicted molar refractivity (Wildman–Crippen MR) is 51.7 cm³/mol. The molecule has 0 saturated carbocycles. The highest BCUT2D eigenvalue weighted by Crippen LogP contribution is 2.15. The van der Waals surface area contributed by atoms with E-state index < -0.39 is 0 Å². The van der Waals surface area contributed by atoms with Gasteiger partial charge in [0.2, 0.25) is 0 Å². The lowest BCUT2D eigenvalue weighted by atomic mass is 10.1. The molecule has 0 aliphatic heterocycles. The summed E-state index contributed by atoms with van der Waals surface area (Å²) in [7, 11) is 0. The number of hydrogen-bond acceptors (Lipinski definition) is 3. The van der Waals surface area contributed by atoms with Crippen molar-refractivity contribution in [3.63, 3.8) is 0 Å². The zero-order chi connectivity index (χ0) is 9.80. The second-order valence-corrected chi connectivity index (χ2v) is 2.74. The van der Waals surface area contributed by atoms with Crippen LogP contribution in [0.2, 0.25) is 0 Å². The molecule has 0 spiro atoms. The number of carbonyl (C=O) groups excluding carboxylic acids is 1. The number of aldehydes is 1. The molecule has 0 fully saturated rings. The van der Waals surface area contributed by atoms with Crippen LogP contribution < -0.4 is 0 Å². The van der Waals surface area contributed by atoms with E-state index >= 15 is 0 Å². The Morgan fingerprint density at radius 3 is 3.00 bits per heavy atom. The SMILES string of the molecule is O=Cc1[c]ccc(-c2cnccn2)c1. The molecule has 0 saturated heterocycles. The quantitative estimate of drug-likeness (QED) is 0.666. The molecular weight excluding hydrogens is 176 g/mol. The Labute approximate surface area is 81.5 Å². The Bertz CT molecular complexity index is 440. The Morgan fingerprint density at radius 2 is 2.29 bits per heavy atom. The van der Waals surface area contributed by atoms with E-state index in [9.17, 15) is 4.79 Å². The molecule has 67 valence electrons. The maximum absolute atomic E-state index is 10.5. The van der Waals surface area contributed by atoms with Crippen molar-refractivity contribution >= 4 is 6.29 Å². The molecular formula is C11H7N2O. The first-order chi connectivity index (χ1) is 6.90. The number of carbonyl (C=O) groups is 1. The zero-order valence-corrected chi connectivity index (χ0v) is 7.34. The molecule has 1 aromatic heterocycles. The molecule has 2 rings (SSSR count). The van der Waals surface area contributed by atoms with Gasteiger partial charge in [-0.2, -0.15) is 0 Å². The number of aromatic nitrogens is 2. The maximum Gasteiger partial charge on any atom is 0.150 e. The van der Waals surface area contributed by atoms with Gasteiger partial charge >= 0.3 is 0 Å². The zero-order valence-electron chi connectivity index (χ0n) is 7.34. The van der Waals surface area contributed by atoms with Crippen LogP contribution in [0.25, 0.3) is 11.3 Å². The van der Waals surface area contributed by atoms with Crippen molar-refractivity contribution in [3.8, 4) is 11.3 Å². The Morgan fingerprint density at radius 1 is 1.36 bits per heavy atom. The van der Waals surface area contributed by atoms with E-state index in [1.165, 1.54) is 0 Å². The minimum Gasteiger partial charge on any atom is -0.298 e. The van der Waals surface area contributed by atoms with E-state index in [0.29, 0.717) is 5.56 Å². The molecule has 1 heterocycles. The summed E-state index contributed by atoms with van der Waals surface area (Å²) >= 11 is 0. The molecule has 0 aliphatic carbocycles. The normalized spacial score (nSPS) is 9.71. The van der Waals surface area contributed by atoms with Gasteiger partial charge in [0.15, 0.2) is 6.29 Å². The van der Waals surface area contributed by atoms with Crippen LogP contribution in [-0.4, -0.2) is 16.3 Å². The Balaban J connectivity index is 2.47. The summed E-state index contributed by atoms with van der Waals surface area (Å²) in [4.78, 5) is 18.6. The Hall–Kier alpha value is -2.03. The lowest BCUT2D eigenvalue weighted by molar-refractivity contribution is 0.112. The minimum absolute atomic E-state index is 0.521. The maximum atomic E-state index is 10.5. The van der Waals surface area contributed by atoms with Crippen molar-refractivity contribution < 1.29 is 4.79 Å². The molecule has 0 N–H and O–H groups in total. The van der Waals surface area contributed by atoms with Crippen molar-refractivity contribution in [1.29, 1.82) is 0 Å². The Kier molecular flexibility index (Phi) is 2.32. The molecule has 0 aliphatic rings. The average Bonchev–Trinajstić information content (AvgIpc) is 2.30. The monoisotopic (exact) mass is 183 g/mol. The van der Waals surface area contributed by atoms with E-state index in [1.807, 2.05) is 6.07 Å². The molecule has 1 radical (unpaired) electrons. The van der Waals surface area contributed by atoms with E-state index in [2.05, 4.69) is 16.0 Å². The van der Waals surface area contributed by atoms with Gasteiger partial charge in [-0.15, -0.1) is 0 Å². The van der Waals surface area contributed by atoms with Crippen LogP contribution in [0.15, 0.2) is 36.8 Å². The van der Waals surface area contributed by atoms with Crippen LogP contribution in [0, 0.1) is 6.07 Å². The summed E-state index contributed by atoms with van der Waals surface area (Å²) in [6.07, 6.45) is 5.65. The summed E-state index contributed by atoms with van der Waals surface area (Å²) in [6.45, 7) is 0. The van der Waals surface area contributed by atoms with E-state index in [-0.39, 0.29) is 0 Å². The smallest absolute Gasteiger partial charge is 0.150 e. The number of nitrogens with zero attached hydrogens (tertiary/aromatic N) is 2. The first kappa shape index (κ1) is 8.56. The van der Waals surface area contributed by atoms with Gasteiger partial charge in [0.25, 0.3) is 0 Å². The van der Waals surface area contributed by atoms with Crippen LogP contribution in [0.5, 0.6) is 0 Å². The standard InChI is InChI=1S/C11H7N2O/c14-8-9-2-1-3-10(6-9)11-7-12-4-5-13-11/h1,3-8H. The second-order valence-electron chi connectivity index (χ2n) is 2.74. The predicted octanol–water partition coefficient (Wildman–Crippen LogP) is 1.76. The largest absolute Gasteiger partial charge is 0.298 e. The van der Waals surface area contributed by atoms with Crippen LogP contribution in [-0.2, 0) is 0 Å². The summed E-state index contributed by atoms with van der Waals surface area (Å²) < 4.78 is 0. The van der Waals surface area contributed by atoms with Crippen LogP contribution in [0.3, 0.4) is 0 Å². The van der Waals surface area contributed by atoms with E-state index in [0.717, 1.165) is 17.5 Å². The molecule has 0 unspecified atom stereocenters. The fourth-order valence-corrected chi connectivity index (χ4v) is 1.16. The van der Waals surface area contributed by atoms with Gasteiger partial charge in [0.05, 0.1) is 11.9 Å². The van der Waals surface area contributed by atoms with Gasteiger partial charge in [-0.25, -0.2) is 0 Å². The highest BCUT2D eigenvalue weighted by molar-refractivity contribution is 5.77. The second kappa shape index (κ2) is 3.79. The molecule has 1 aromatic carbocycles. The summed E-state index contributed by atoms with van der Waals surface area (Å²) in [5.74, 6) is 0. The van der Waals surface area contributed by atoms with Crippen LogP contribution >= 0.6 is 0 Å². The van der Waals surface area contributed by atoms with Crippen molar-refractivity contribution in [1.82, 2.24) is 9.97 Å². The topological polar surface area (TPSA) is 42.9 Å². The van der Waals surface area contributed by atoms with Crippen LogP contribution in [0.4, 0.5) is 0 Å². The third-order valence-corrected chi connectivity index (χ3v) is 1.81. The van der Waals surface area contributed by atoms with Gasteiger partial charge in [-0.1, -0.05) is 12.1 Å². The molecule has 14 heavy (non-hydrogen) atoms. The lowest BCUT2D eigenvalue weighted by Gasteiger charge is -1.99.